The minimum Gasteiger partial charge on any atom is -0.462 e. The van der Waals surface area contributed by atoms with Gasteiger partial charge < -0.3 is 4.74 Å². The zero-order valence-corrected chi connectivity index (χ0v) is 12.0. The highest BCUT2D eigenvalue weighted by Gasteiger charge is 2.18. The van der Waals surface area contributed by atoms with Crippen LogP contribution in [0.1, 0.15) is 30.1 Å². The monoisotopic (exact) mass is 310 g/mol. The van der Waals surface area contributed by atoms with Crippen molar-refractivity contribution in [3.8, 4) is 0 Å². The smallest absolute Gasteiger partial charge is 0.338 e. The van der Waals surface area contributed by atoms with Crippen molar-refractivity contribution < 1.29 is 17.9 Å². The van der Waals surface area contributed by atoms with Crippen molar-refractivity contribution in [2.45, 2.75) is 24.7 Å². The minimum atomic E-state index is -3.98. The summed E-state index contributed by atoms with van der Waals surface area (Å²) in [6, 6.07) is 3.80. The summed E-state index contributed by atoms with van der Waals surface area (Å²) in [6.45, 7) is 2.26. The summed E-state index contributed by atoms with van der Waals surface area (Å²) in [6.07, 6.45) is 1.65. The maximum atomic E-state index is 11.6. The van der Waals surface area contributed by atoms with Gasteiger partial charge in [0.1, 0.15) is 4.90 Å². The zero-order chi connectivity index (χ0) is 13.8. The second kappa shape index (κ2) is 6.41. The van der Waals surface area contributed by atoms with E-state index >= 15 is 0 Å². The van der Waals surface area contributed by atoms with E-state index in [4.69, 9.17) is 27.0 Å². The molecular weight excluding hydrogens is 299 g/mol. The first-order valence-corrected chi connectivity index (χ1v) is 7.96. The summed E-state index contributed by atoms with van der Waals surface area (Å²) >= 11 is 5.70. The molecule has 100 valence electrons. The number of unbranched alkanes of at least 4 members (excludes halogenated alkanes) is 1. The molecule has 0 spiro atoms. The Labute approximate surface area is 115 Å². The van der Waals surface area contributed by atoms with Crippen molar-refractivity contribution in [1.29, 1.82) is 0 Å². The minimum absolute atomic E-state index is 0.0323. The Morgan fingerprint density at radius 1 is 1.39 bits per heavy atom. The van der Waals surface area contributed by atoms with Crippen molar-refractivity contribution in [3.63, 3.8) is 0 Å². The lowest BCUT2D eigenvalue weighted by molar-refractivity contribution is 0.0499. The quantitative estimate of drug-likeness (QED) is 0.476. The van der Waals surface area contributed by atoms with Crippen LogP contribution in [-0.2, 0) is 13.8 Å². The molecule has 0 radical (unpaired) electrons. The van der Waals surface area contributed by atoms with Gasteiger partial charge in [-0.05, 0) is 24.6 Å². The summed E-state index contributed by atoms with van der Waals surface area (Å²) in [5.74, 6) is -0.596. The molecule has 0 unspecified atom stereocenters. The maximum Gasteiger partial charge on any atom is 0.338 e. The molecule has 1 aromatic carbocycles. The van der Waals surface area contributed by atoms with Gasteiger partial charge in [0.15, 0.2) is 0 Å². The Morgan fingerprint density at radius 2 is 2.06 bits per heavy atom. The van der Waals surface area contributed by atoms with Crippen LogP contribution in [0, 0.1) is 0 Å². The van der Waals surface area contributed by atoms with Gasteiger partial charge in [0, 0.05) is 10.7 Å². The third-order valence-corrected chi connectivity index (χ3v) is 3.96. The van der Waals surface area contributed by atoms with Crippen molar-refractivity contribution >= 4 is 37.3 Å². The highest BCUT2D eigenvalue weighted by atomic mass is 35.7. The predicted octanol–water partition coefficient (Wildman–Crippen LogP) is 3.22. The molecule has 0 bridgehead atoms. The topological polar surface area (TPSA) is 60.4 Å². The molecule has 0 heterocycles. The molecule has 1 aromatic rings. The number of hydrogen-bond donors (Lipinski definition) is 0. The van der Waals surface area contributed by atoms with Crippen molar-refractivity contribution in [3.05, 3.63) is 28.8 Å². The van der Waals surface area contributed by atoms with Gasteiger partial charge in [0.05, 0.1) is 17.2 Å². The number of benzene rings is 1. The van der Waals surface area contributed by atoms with Gasteiger partial charge in [-0.3, -0.25) is 0 Å². The van der Waals surface area contributed by atoms with Crippen LogP contribution >= 0.6 is 22.3 Å². The third kappa shape index (κ3) is 4.15. The van der Waals surface area contributed by atoms with Crippen LogP contribution < -0.4 is 0 Å². The third-order valence-electron chi connectivity index (χ3n) is 2.16. The van der Waals surface area contributed by atoms with Crippen LogP contribution in [-0.4, -0.2) is 21.0 Å². The Morgan fingerprint density at radius 3 is 2.61 bits per heavy atom. The van der Waals surface area contributed by atoms with Crippen molar-refractivity contribution in [2.75, 3.05) is 6.61 Å². The van der Waals surface area contributed by atoms with E-state index in [-0.39, 0.29) is 15.5 Å². The fourth-order valence-corrected chi connectivity index (χ4v) is 2.70. The number of halogens is 2. The number of carbonyl (C=O) groups excluding carboxylic acids is 1. The molecule has 4 nitrogen and oxygen atoms in total. The van der Waals surface area contributed by atoms with E-state index in [0.29, 0.717) is 6.61 Å². The van der Waals surface area contributed by atoms with E-state index in [1.807, 2.05) is 6.92 Å². The number of hydrogen-bond acceptors (Lipinski definition) is 4. The number of carbonyl (C=O) groups is 1. The fraction of sp³-hybridized carbons (Fsp3) is 0.364. The molecule has 0 atom stereocenters. The highest BCUT2D eigenvalue weighted by molar-refractivity contribution is 8.13. The van der Waals surface area contributed by atoms with Gasteiger partial charge in [-0.2, -0.15) is 0 Å². The zero-order valence-electron chi connectivity index (χ0n) is 9.65. The van der Waals surface area contributed by atoms with Gasteiger partial charge in [-0.25, -0.2) is 13.2 Å². The first kappa shape index (κ1) is 15.3. The fourth-order valence-electron chi connectivity index (χ4n) is 1.21. The normalized spacial score (nSPS) is 11.3. The molecule has 0 saturated heterocycles. The SMILES string of the molecule is CCCCOC(=O)c1ccc(Cl)c(S(=O)(=O)Cl)c1. The van der Waals surface area contributed by atoms with Gasteiger partial charge in [-0.1, -0.05) is 24.9 Å². The van der Waals surface area contributed by atoms with E-state index < -0.39 is 15.0 Å². The molecule has 0 aromatic heterocycles. The van der Waals surface area contributed by atoms with Gasteiger partial charge in [-0.15, -0.1) is 0 Å². The molecule has 0 N–H and O–H groups in total. The lowest BCUT2D eigenvalue weighted by atomic mass is 10.2. The molecule has 0 fully saturated rings. The molecule has 0 amide bonds. The van der Waals surface area contributed by atoms with Crippen LogP contribution in [0.2, 0.25) is 5.02 Å². The summed E-state index contributed by atoms with van der Waals surface area (Å²) < 4.78 is 27.4. The number of esters is 1. The van der Waals surface area contributed by atoms with Crippen molar-refractivity contribution in [1.82, 2.24) is 0 Å². The first-order valence-electron chi connectivity index (χ1n) is 5.27. The Bertz CT molecular complexity index is 540. The Hall–Kier alpha value is -0.780. The maximum absolute atomic E-state index is 11.6. The largest absolute Gasteiger partial charge is 0.462 e. The van der Waals surface area contributed by atoms with E-state index in [1.54, 1.807) is 0 Å². The average Bonchev–Trinajstić information content (AvgIpc) is 2.28. The second-order valence-corrected chi connectivity index (χ2v) is 6.51. The molecule has 1 rings (SSSR count). The summed E-state index contributed by atoms with van der Waals surface area (Å²) in [7, 11) is 1.22. The number of rotatable bonds is 5. The van der Waals surface area contributed by atoms with Crippen LogP contribution in [0.5, 0.6) is 0 Å². The van der Waals surface area contributed by atoms with Crippen LogP contribution in [0.25, 0.3) is 0 Å². The molecule has 0 aliphatic heterocycles. The molecular formula is C11H12Cl2O4S. The van der Waals surface area contributed by atoms with E-state index in [0.717, 1.165) is 18.9 Å². The second-order valence-electron chi connectivity index (χ2n) is 3.57. The molecule has 7 heteroatoms. The lowest BCUT2D eigenvalue weighted by Crippen LogP contribution is -2.07. The van der Waals surface area contributed by atoms with E-state index in [1.165, 1.54) is 12.1 Å². The van der Waals surface area contributed by atoms with Crippen molar-refractivity contribution in [2.24, 2.45) is 0 Å². The predicted molar refractivity (Wildman–Crippen MR) is 69.7 cm³/mol. The van der Waals surface area contributed by atoms with E-state index in [9.17, 15) is 13.2 Å². The summed E-state index contributed by atoms with van der Waals surface area (Å²) in [4.78, 5) is 11.3. The van der Waals surface area contributed by atoms with Crippen LogP contribution in [0.4, 0.5) is 0 Å². The van der Waals surface area contributed by atoms with Gasteiger partial charge in [0.2, 0.25) is 0 Å². The summed E-state index contributed by atoms with van der Waals surface area (Å²) in [5.41, 5.74) is 0.106. The molecule has 0 saturated carbocycles. The molecule has 0 aliphatic carbocycles. The molecule has 0 aliphatic rings. The number of ether oxygens (including phenoxy) is 1. The Balaban J connectivity index is 2.95. The van der Waals surface area contributed by atoms with Crippen LogP contribution in [0.15, 0.2) is 23.1 Å². The van der Waals surface area contributed by atoms with E-state index in [2.05, 4.69) is 0 Å². The van der Waals surface area contributed by atoms with Gasteiger partial charge in [0.25, 0.3) is 9.05 Å². The van der Waals surface area contributed by atoms with Crippen LogP contribution in [0.3, 0.4) is 0 Å². The highest BCUT2D eigenvalue weighted by Crippen LogP contribution is 2.26. The average molecular weight is 311 g/mol. The first-order chi connectivity index (χ1) is 8.36. The summed E-state index contributed by atoms with van der Waals surface area (Å²) in [5, 5.41) is -0.0323. The van der Waals surface area contributed by atoms with Gasteiger partial charge >= 0.3 is 5.97 Å². The molecule has 18 heavy (non-hydrogen) atoms. The lowest BCUT2D eigenvalue weighted by Gasteiger charge is -2.06. The Kier molecular flexibility index (Phi) is 5.44. The standard InChI is InChI=1S/C11H12Cl2O4S/c1-2-3-6-17-11(14)8-4-5-9(12)10(7-8)18(13,15)16/h4-5,7H,2-3,6H2,1H3.